The molecule has 0 aliphatic carbocycles. The van der Waals surface area contributed by atoms with E-state index in [4.69, 9.17) is 14.2 Å². The number of carbonyl (C=O) groups is 3. The van der Waals surface area contributed by atoms with Crippen LogP contribution in [0.15, 0.2) is 134 Å². The summed E-state index contributed by atoms with van der Waals surface area (Å²) in [6.07, 6.45) is 91.8. The Kier molecular flexibility index (Phi) is 61.4. The van der Waals surface area contributed by atoms with Crippen molar-refractivity contribution in [1.82, 2.24) is 0 Å². The molecule has 0 rings (SSSR count). The fraction of sp³-hybridized carbons (Fsp3) is 0.653. The number of hydrogen-bond donors (Lipinski definition) is 0. The number of rotatable bonds is 57. The van der Waals surface area contributed by atoms with Gasteiger partial charge in [-0.05, 0) is 135 Å². The molecule has 78 heavy (non-hydrogen) atoms. The Morgan fingerprint density at radius 1 is 0.269 bits per heavy atom. The third kappa shape index (κ3) is 62.4. The minimum atomic E-state index is -0.793. The van der Waals surface area contributed by atoms with Gasteiger partial charge < -0.3 is 14.2 Å². The van der Waals surface area contributed by atoms with E-state index in [9.17, 15) is 14.4 Å². The monoisotopic (exact) mass is 1080 g/mol. The van der Waals surface area contributed by atoms with Gasteiger partial charge in [0.15, 0.2) is 6.10 Å². The van der Waals surface area contributed by atoms with Gasteiger partial charge in [0.25, 0.3) is 0 Å². The second-order valence-electron chi connectivity index (χ2n) is 20.9. The van der Waals surface area contributed by atoms with E-state index in [2.05, 4.69) is 154 Å². The summed E-state index contributed by atoms with van der Waals surface area (Å²) in [5, 5.41) is 0. The molecule has 0 radical (unpaired) electrons. The molecule has 0 fully saturated rings. The second kappa shape index (κ2) is 65.1. The lowest BCUT2D eigenvalue weighted by atomic mass is 10.1. The van der Waals surface area contributed by atoms with Crippen molar-refractivity contribution < 1.29 is 28.6 Å². The molecule has 0 heterocycles. The van der Waals surface area contributed by atoms with Gasteiger partial charge in [0.1, 0.15) is 13.2 Å². The lowest BCUT2D eigenvalue weighted by Crippen LogP contribution is -2.30. The van der Waals surface area contributed by atoms with Crippen LogP contribution in [-0.2, 0) is 28.6 Å². The van der Waals surface area contributed by atoms with Crippen molar-refractivity contribution in [2.45, 2.75) is 290 Å². The summed E-state index contributed by atoms with van der Waals surface area (Å²) in [6.45, 7) is 6.41. The number of hydrogen-bond acceptors (Lipinski definition) is 6. The number of unbranched alkanes of at least 4 members (excludes halogenated alkanes) is 24. The first-order chi connectivity index (χ1) is 38.5. The first-order valence-electron chi connectivity index (χ1n) is 32.2. The molecule has 0 aliphatic rings. The fourth-order valence-electron chi connectivity index (χ4n) is 8.55. The van der Waals surface area contributed by atoms with Crippen LogP contribution in [0, 0.1) is 0 Å². The SMILES string of the molecule is CC/C=C\C/C=C\C/C=C\C/C=C\C/C=C\C/C=C\C/C=C\C/C=C\CCCCCCCCCCCCC(=O)OCC(COC(=O)CCCCCCC/C=C\CCCCC)OC(=O)CCCCCCC/C=C\C/C=C\CCC. The molecule has 1 unspecified atom stereocenters. The zero-order chi connectivity index (χ0) is 56.4. The Balaban J connectivity index is 4.19. The van der Waals surface area contributed by atoms with Crippen LogP contribution >= 0.6 is 0 Å². The maximum atomic E-state index is 12.8. The van der Waals surface area contributed by atoms with Gasteiger partial charge in [0.2, 0.25) is 0 Å². The topological polar surface area (TPSA) is 78.9 Å². The van der Waals surface area contributed by atoms with Crippen molar-refractivity contribution in [1.29, 1.82) is 0 Å². The van der Waals surface area contributed by atoms with Crippen LogP contribution < -0.4 is 0 Å². The maximum absolute atomic E-state index is 12.8. The van der Waals surface area contributed by atoms with Crippen LogP contribution in [0.4, 0.5) is 0 Å². The Hall–Kier alpha value is -4.45. The van der Waals surface area contributed by atoms with E-state index in [0.717, 1.165) is 154 Å². The predicted molar refractivity (Wildman–Crippen MR) is 339 cm³/mol. The summed E-state index contributed by atoms with van der Waals surface area (Å²) in [7, 11) is 0. The molecule has 0 aromatic carbocycles. The van der Waals surface area contributed by atoms with Crippen LogP contribution in [0.1, 0.15) is 284 Å². The van der Waals surface area contributed by atoms with Gasteiger partial charge in [-0.1, -0.05) is 264 Å². The third-order valence-electron chi connectivity index (χ3n) is 13.3. The molecular formula is C72H118O6. The Morgan fingerprint density at radius 2 is 0.526 bits per heavy atom. The van der Waals surface area contributed by atoms with E-state index >= 15 is 0 Å². The van der Waals surface area contributed by atoms with E-state index in [1.807, 2.05) is 0 Å². The summed E-state index contributed by atoms with van der Waals surface area (Å²) < 4.78 is 16.9. The molecular weight excluding hydrogens is 961 g/mol. The fourth-order valence-corrected chi connectivity index (χ4v) is 8.55. The highest BCUT2D eigenvalue weighted by Crippen LogP contribution is 2.15. The Morgan fingerprint density at radius 3 is 0.846 bits per heavy atom. The first-order valence-corrected chi connectivity index (χ1v) is 32.2. The van der Waals surface area contributed by atoms with Crippen LogP contribution in [0.5, 0.6) is 0 Å². The highest BCUT2D eigenvalue weighted by molar-refractivity contribution is 5.71. The van der Waals surface area contributed by atoms with Crippen LogP contribution in [-0.4, -0.2) is 37.2 Å². The molecule has 442 valence electrons. The molecule has 6 nitrogen and oxygen atoms in total. The summed E-state index contributed by atoms with van der Waals surface area (Å²) in [5.41, 5.74) is 0. The molecule has 0 amide bonds. The lowest BCUT2D eigenvalue weighted by Gasteiger charge is -2.18. The Labute approximate surface area is 481 Å². The minimum Gasteiger partial charge on any atom is -0.462 e. The zero-order valence-corrected chi connectivity index (χ0v) is 50.6. The molecule has 0 aliphatic heterocycles. The number of carbonyl (C=O) groups excluding carboxylic acids is 3. The molecule has 0 aromatic heterocycles. The summed E-state index contributed by atoms with van der Waals surface area (Å²) in [4.78, 5) is 38.2. The second-order valence-corrected chi connectivity index (χ2v) is 20.9. The van der Waals surface area contributed by atoms with Crippen molar-refractivity contribution in [3.05, 3.63) is 134 Å². The van der Waals surface area contributed by atoms with Gasteiger partial charge >= 0.3 is 17.9 Å². The zero-order valence-electron chi connectivity index (χ0n) is 50.6. The van der Waals surface area contributed by atoms with Gasteiger partial charge in [0, 0.05) is 19.3 Å². The minimum absolute atomic E-state index is 0.0905. The van der Waals surface area contributed by atoms with E-state index in [1.165, 1.54) is 89.9 Å². The van der Waals surface area contributed by atoms with Gasteiger partial charge in [-0.2, -0.15) is 0 Å². The standard InChI is InChI=1S/C72H118O6/c1-4-7-10-13-16-19-22-25-26-27-28-29-30-31-32-33-34-35-36-37-38-39-40-41-42-43-44-45-46-48-50-53-56-59-62-65-71(74)77-68-69(67-76-70(73)64-61-58-55-52-49-24-21-18-15-12-9-6-3)78-72(75)66-63-60-57-54-51-47-23-20-17-14-11-8-5-2/h7,10-11,14,16,18-21,23,25-26,28-29,31-32,34-35,37-38,40-41,69H,4-6,8-9,12-13,15,17,22,24,27,30,33,36,39,42-68H2,1-3H3/b10-7-,14-11-,19-16-,21-18-,23-20-,26-25-,29-28-,32-31-,35-34-,38-37-,41-40-. The molecule has 0 spiro atoms. The van der Waals surface area contributed by atoms with Crippen molar-refractivity contribution in [3.8, 4) is 0 Å². The summed E-state index contributed by atoms with van der Waals surface area (Å²) >= 11 is 0. The maximum Gasteiger partial charge on any atom is 0.306 e. The van der Waals surface area contributed by atoms with E-state index in [1.54, 1.807) is 0 Å². The van der Waals surface area contributed by atoms with E-state index < -0.39 is 6.10 Å². The highest BCUT2D eigenvalue weighted by atomic mass is 16.6. The van der Waals surface area contributed by atoms with Crippen molar-refractivity contribution in [3.63, 3.8) is 0 Å². The highest BCUT2D eigenvalue weighted by Gasteiger charge is 2.19. The molecule has 0 saturated carbocycles. The van der Waals surface area contributed by atoms with Gasteiger partial charge in [-0.25, -0.2) is 0 Å². The predicted octanol–water partition coefficient (Wildman–Crippen LogP) is 22.2. The van der Waals surface area contributed by atoms with Crippen molar-refractivity contribution >= 4 is 17.9 Å². The number of esters is 3. The first kappa shape index (κ1) is 73.5. The van der Waals surface area contributed by atoms with Gasteiger partial charge in [-0.3, -0.25) is 14.4 Å². The number of ether oxygens (including phenoxy) is 3. The van der Waals surface area contributed by atoms with Gasteiger partial charge in [-0.15, -0.1) is 0 Å². The largest absolute Gasteiger partial charge is 0.462 e. The quantitative estimate of drug-likeness (QED) is 0.0261. The smallest absolute Gasteiger partial charge is 0.306 e. The van der Waals surface area contributed by atoms with E-state index in [-0.39, 0.29) is 31.1 Å². The molecule has 0 saturated heterocycles. The lowest BCUT2D eigenvalue weighted by molar-refractivity contribution is -0.167. The Bertz CT molecular complexity index is 1670. The van der Waals surface area contributed by atoms with Crippen molar-refractivity contribution in [2.24, 2.45) is 0 Å². The van der Waals surface area contributed by atoms with Crippen LogP contribution in [0.2, 0.25) is 0 Å². The summed E-state index contributed by atoms with van der Waals surface area (Å²) in [6, 6.07) is 0. The van der Waals surface area contributed by atoms with Gasteiger partial charge in [0.05, 0.1) is 0 Å². The van der Waals surface area contributed by atoms with Crippen LogP contribution in [0.25, 0.3) is 0 Å². The third-order valence-corrected chi connectivity index (χ3v) is 13.3. The molecule has 1 atom stereocenters. The van der Waals surface area contributed by atoms with E-state index in [0.29, 0.717) is 19.3 Å². The van der Waals surface area contributed by atoms with Crippen LogP contribution in [0.3, 0.4) is 0 Å². The van der Waals surface area contributed by atoms with Crippen molar-refractivity contribution in [2.75, 3.05) is 13.2 Å². The summed E-state index contributed by atoms with van der Waals surface area (Å²) in [5.74, 6) is -0.918. The average Bonchev–Trinajstić information content (AvgIpc) is 3.44. The average molecular weight is 1080 g/mol. The number of allylic oxidation sites excluding steroid dienone is 22. The molecule has 0 bridgehead atoms. The molecule has 0 N–H and O–H groups in total. The normalized spacial score (nSPS) is 13.0. The molecule has 6 heteroatoms. The molecule has 0 aromatic rings.